The minimum absolute atomic E-state index is 0.553. The van der Waals surface area contributed by atoms with Crippen LogP contribution in [0.4, 0.5) is 0 Å². The van der Waals surface area contributed by atoms with Crippen LogP contribution in [-0.4, -0.2) is 28.5 Å². The van der Waals surface area contributed by atoms with E-state index in [-0.39, 0.29) is 0 Å². The summed E-state index contributed by atoms with van der Waals surface area (Å²) in [6.45, 7) is 1.87. The van der Waals surface area contributed by atoms with E-state index in [4.69, 9.17) is 39.9 Å². The van der Waals surface area contributed by atoms with Gasteiger partial charge in [0.1, 0.15) is 15.8 Å². The predicted octanol–water partition coefficient (Wildman–Crippen LogP) is 5.04. The summed E-state index contributed by atoms with van der Waals surface area (Å²) in [6, 6.07) is 5.37. The minimum atomic E-state index is 0.553. The number of halogens is 2. The van der Waals surface area contributed by atoms with Crippen molar-refractivity contribution < 1.29 is 4.52 Å². The Morgan fingerprint density at radius 2 is 1.95 bits per heavy atom. The molecular weight excluding hydrogens is 347 g/mol. The number of benzene rings is 1. The maximum absolute atomic E-state index is 6.25. The van der Waals surface area contributed by atoms with Gasteiger partial charge >= 0.3 is 0 Å². The largest absolute Gasteiger partial charge is 0.364 e. The minimum Gasteiger partial charge on any atom is -0.364 e. The molecule has 0 amide bonds. The number of nitrogens with zero attached hydrogens (tertiary/aromatic N) is 2. The summed E-state index contributed by atoms with van der Waals surface area (Å²) in [6.07, 6.45) is 0. The van der Waals surface area contributed by atoms with Crippen molar-refractivity contribution in [3.63, 3.8) is 0 Å². The fourth-order valence-electron chi connectivity index (χ4n) is 1.74. The molecule has 0 aliphatic rings. The summed E-state index contributed by atoms with van der Waals surface area (Å²) in [7, 11) is 3.84. The first-order chi connectivity index (χ1) is 9.91. The summed E-state index contributed by atoms with van der Waals surface area (Å²) in [5.74, 6) is 1.40. The van der Waals surface area contributed by atoms with Gasteiger partial charge in [-0.3, -0.25) is 0 Å². The average molecular weight is 361 g/mol. The van der Waals surface area contributed by atoms with Crippen LogP contribution in [0.3, 0.4) is 0 Å². The average Bonchev–Trinajstić information content (AvgIpc) is 2.77. The van der Waals surface area contributed by atoms with Crippen molar-refractivity contribution in [2.75, 3.05) is 14.1 Å². The normalized spacial score (nSPS) is 10.7. The van der Waals surface area contributed by atoms with Crippen LogP contribution in [0.15, 0.2) is 22.7 Å². The van der Waals surface area contributed by atoms with E-state index in [1.165, 1.54) is 0 Å². The van der Waals surface area contributed by atoms with E-state index in [1.54, 1.807) is 30.0 Å². The summed E-state index contributed by atoms with van der Waals surface area (Å²) >= 11 is 19.3. The zero-order chi connectivity index (χ0) is 15.6. The van der Waals surface area contributed by atoms with Crippen LogP contribution in [0, 0.1) is 6.92 Å². The zero-order valence-electron chi connectivity index (χ0n) is 11.8. The van der Waals surface area contributed by atoms with Crippen LogP contribution in [0.1, 0.15) is 11.3 Å². The van der Waals surface area contributed by atoms with Gasteiger partial charge in [0.05, 0.1) is 10.0 Å². The zero-order valence-corrected chi connectivity index (χ0v) is 15.0. The van der Waals surface area contributed by atoms with Gasteiger partial charge in [0.15, 0.2) is 0 Å². The second-order valence-corrected chi connectivity index (χ2v) is 7.04. The molecule has 7 heteroatoms. The second kappa shape index (κ2) is 7.01. The molecule has 0 atom stereocenters. The van der Waals surface area contributed by atoms with Crippen molar-refractivity contribution in [1.82, 2.24) is 10.1 Å². The molecule has 2 rings (SSSR count). The smallest absolute Gasteiger partial charge is 0.138 e. The molecule has 2 aromatic rings. The predicted molar refractivity (Wildman–Crippen MR) is 94.3 cm³/mol. The van der Waals surface area contributed by atoms with E-state index >= 15 is 0 Å². The third kappa shape index (κ3) is 3.72. The van der Waals surface area contributed by atoms with E-state index in [1.807, 2.05) is 25.9 Å². The molecule has 21 heavy (non-hydrogen) atoms. The molecule has 0 aliphatic heterocycles. The van der Waals surface area contributed by atoms with Crippen LogP contribution < -0.4 is 0 Å². The highest BCUT2D eigenvalue weighted by atomic mass is 35.5. The quantitative estimate of drug-likeness (QED) is 0.715. The van der Waals surface area contributed by atoms with Crippen molar-refractivity contribution in [1.29, 1.82) is 0 Å². The van der Waals surface area contributed by atoms with Gasteiger partial charge in [-0.1, -0.05) is 58.4 Å². The number of hydrogen-bond donors (Lipinski definition) is 0. The number of rotatable bonds is 3. The highest BCUT2D eigenvalue weighted by molar-refractivity contribution is 8.22. The molecule has 0 bridgehead atoms. The molecule has 0 saturated carbocycles. The van der Waals surface area contributed by atoms with Gasteiger partial charge in [-0.2, -0.15) is 0 Å². The van der Waals surface area contributed by atoms with Crippen molar-refractivity contribution in [2.45, 2.75) is 12.7 Å². The topological polar surface area (TPSA) is 29.3 Å². The summed E-state index contributed by atoms with van der Waals surface area (Å²) in [5, 5.41) is 5.22. The number of aromatic nitrogens is 1. The fourth-order valence-corrected chi connectivity index (χ4v) is 3.36. The molecule has 0 saturated heterocycles. The Labute approximate surface area is 143 Å². The second-order valence-electron chi connectivity index (χ2n) is 4.61. The molecule has 3 nitrogen and oxygen atoms in total. The van der Waals surface area contributed by atoms with Crippen LogP contribution >= 0.6 is 47.2 Å². The van der Waals surface area contributed by atoms with Crippen LogP contribution in [0.2, 0.25) is 10.0 Å². The highest BCUT2D eigenvalue weighted by Crippen LogP contribution is 2.38. The van der Waals surface area contributed by atoms with E-state index < -0.39 is 0 Å². The molecule has 1 aromatic heterocycles. The van der Waals surface area contributed by atoms with Crippen molar-refractivity contribution in [3.8, 4) is 11.3 Å². The lowest BCUT2D eigenvalue weighted by atomic mass is 10.1. The third-order valence-electron chi connectivity index (χ3n) is 2.89. The van der Waals surface area contributed by atoms with Gasteiger partial charge in [0.2, 0.25) is 0 Å². The maximum Gasteiger partial charge on any atom is 0.138 e. The lowest BCUT2D eigenvalue weighted by Crippen LogP contribution is -2.16. The standard InChI is InChI=1S/C14H14Cl2N2OS2/c1-8-9(7-21-14(20)18(2)3)13(17-19-8)12-10(15)5-4-6-11(12)16/h4-6H,7H2,1-3H3. The molecule has 0 unspecified atom stereocenters. The fraction of sp³-hybridized carbons (Fsp3) is 0.286. The first-order valence-corrected chi connectivity index (χ1v) is 8.30. The van der Waals surface area contributed by atoms with Crippen LogP contribution in [0.5, 0.6) is 0 Å². The van der Waals surface area contributed by atoms with Gasteiger partial charge < -0.3 is 9.42 Å². The van der Waals surface area contributed by atoms with Gasteiger partial charge in [0.25, 0.3) is 0 Å². The van der Waals surface area contributed by atoms with Crippen molar-refractivity contribution in [2.24, 2.45) is 0 Å². The Kier molecular flexibility index (Phi) is 5.54. The molecule has 0 fully saturated rings. The van der Waals surface area contributed by atoms with Crippen molar-refractivity contribution in [3.05, 3.63) is 39.6 Å². The lowest BCUT2D eigenvalue weighted by Gasteiger charge is -2.13. The Balaban J connectivity index is 2.37. The number of thiocarbonyl (C=S) groups is 1. The van der Waals surface area contributed by atoms with Gasteiger partial charge in [0, 0.05) is 31.0 Å². The SMILES string of the molecule is Cc1onc(-c2c(Cl)cccc2Cl)c1CSC(=S)N(C)C. The summed E-state index contributed by atoms with van der Waals surface area (Å²) in [5.41, 5.74) is 2.33. The summed E-state index contributed by atoms with van der Waals surface area (Å²) < 4.78 is 6.11. The molecule has 0 radical (unpaired) electrons. The lowest BCUT2D eigenvalue weighted by molar-refractivity contribution is 0.398. The third-order valence-corrected chi connectivity index (χ3v) is 5.28. The van der Waals surface area contributed by atoms with E-state index in [2.05, 4.69) is 5.16 Å². The number of hydrogen-bond acceptors (Lipinski definition) is 4. The number of aryl methyl sites for hydroxylation is 1. The Bertz CT molecular complexity index is 651. The van der Waals surface area contributed by atoms with E-state index in [9.17, 15) is 0 Å². The molecular formula is C14H14Cl2N2OS2. The molecule has 0 spiro atoms. The molecule has 0 N–H and O–H groups in total. The Hall–Kier alpha value is -0.750. The number of thioether (sulfide) groups is 1. The van der Waals surface area contributed by atoms with Gasteiger partial charge in [-0.15, -0.1) is 0 Å². The maximum atomic E-state index is 6.25. The van der Waals surface area contributed by atoms with Crippen LogP contribution in [0.25, 0.3) is 11.3 Å². The molecule has 0 aliphatic carbocycles. The Morgan fingerprint density at radius 1 is 1.33 bits per heavy atom. The molecule has 112 valence electrons. The van der Waals surface area contributed by atoms with Gasteiger partial charge in [-0.25, -0.2) is 0 Å². The first-order valence-electron chi connectivity index (χ1n) is 6.15. The Morgan fingerprint density at radius 3 is 2.52 bits per heavy atom. The first kappa shape index (κ1) is 16.6. The van der Waals surface area contributed by atoms with E-state index in [0.717, 1.165) is 15.6 Å². The van der Waals surface area contributed by atoms with E-state index in [0.29, 0.717) is 27.1 Å². The monoisotopic (exact) mass is 360 g/mol. The van der Waals surface area contributed by atoms with Crippen molar-refractivity contribution >= 4 is 51.5 Å². The summed E-state index contributed by atoms with van der Waals surface area (Å²) in [4.78, 5) is 1.89. The van der Waals surface area contributed by atoms with Gasteiger partial charge in [-0.05, 0) is 19.1 Å². The highest BCUT2D eigenvalue weighted by Gasteiger charge is 2.20. The molecule has 1 heterocycles. The molecule has 1 aromatic carbocycles. The van der Waals surface area contributed by atoms with Crippen LogP contribution in [-0.2, 0) is 5.75 Å².